The van der Waals surface area contributed by atoms with Crippen molar-refractivity contribution in [3.05, 3.63) is 71.9 Å². The molecule has 0 unspecified atom stereocenters. The van der Waals surface area contributed by atoms with Gasteiger partial charge in [0.25, 0.3) is 5.91 Å². The van der Waals surface area contributed by atoms with Crippen LogP contribution in [-0.4, -0.2) is 26.8 Å². The van der Waals surface area contributed by atoms with Crippen molar-refractivity contribution in [1.29, 1.82) is 0 Å². The van der Waals surface area contributed by atoms with Gasteiger partial charge in [0.15, 0.2) is 5.13 Å². The van der Waals surface area contributed by atoms with Crippen molar-refractivity contribution in [1.82, 2.24) is 15.0 Å². The van der Waals surface area contributed by atoms with Crippen LogP contribution in [0.4, 0.5) is 10.8 Å². The minimum Gasteiger partial charge on any atom is -0.345 e. The summed E-state index contributed by atoms with van der Waals surface area (Å²) < 4.78 is 0. The molecule has 0 aliphatic carbocycles. The molecule has 0 fully saturated rings. The fourth-order valence-corrected chi connectivity index (χ4v) is 3.74. The number of anilines is 2. The van der Waals surface area contributed by atoms with E-state index in [1.165, 1.54) is 17.4 Å². The molecular formula is C21H17N5O2S. The lowest BCUT2D eigenvalue weighted by Crippen LogP contribution is -2.12. The van der Waals surface area contributed by atoms with E-state index < -0.39 is 0 Å². The Balaban J connectivity index is 1.53. The monoisotopic (exact) mass is 403 g/mol. The molecule has 0 spiro atoms. The molecule has 0 radical (unpaired) electrons. The Bertz CT molecular complexity index is 1220. The highest BCUT2D eigenvalue weighted by molar-refractivity contribution is 7.16. The molecule has 2 amide bonds. The summed E-state index contributed by atoms with van der Waals surface area (Å²) in [5.41, 5.74) is 3.61. The lowest BCUT2D eigenvalue weighted by atomic mass is 10.1. The molecule has 1 aromatic carbocycles. The number of amides is 2. The summed E-state index contributed by atoms with van der Waals surface area (Å²) in [6, 6.07) is 10.5. The highest BCUT2D eigenvalue weighted by Crippen LogP contribution is 2.34. The first-order chi connectivity index (χ1) is 14.0. The zero-order valence-corrected chi connectivity index (χ0v) is 16.3. The predicted octanol–water partition coefficient (Wildman–Crippen LogP) is 4.37. The maximum absolute atomic E-state index is 12.6. The first kappa shape index (κ1) is 18.6. The van der Waals surface area contributed by atoms with Crippen LogP contribution in [0.25, 0.3) is 22.3 Å². The lowest BCUT2D eigenvalue weighted by Gasteiger charge is -2.04. The van der Waals surface area contributed by atoms with Crippen molar-refractivity contribution < 1.29 is 9.59 Å². The molecule has 144 valence electrons. The van der Waals surface area contributed by atoms with Crippen LogP contribution in [0.5, 0.6) is 0 Å². The standard InChI is InChI=1S/C21H17N5O2S/c1-3-17(27)24-14-8-6-13(7-9-14)20(28)26-21-25-18(12(2)29-21)16-11-23-19-15(16)5-4-10-22-19/h3-11H,1H2,2H3,(H,22,23)(H,24,27)(H,25,26,28). The normalized spacial score (nSPS) is 10.7. The Morgan fingerprint density at radius 1 is 1.17 bits per heavy atom. The highest BCUT2D eigenvalue weighted by Gasteiger charge is 2.16. The summed E-state index contributed by atoms with van der Waals surface area (Å²) in [6.07, 6.45) is 4.80. The number of carbonyl (C=O) groups is 2. The molecule has 0 saturated carbocycles. The van der Waals surface area contributed by atoms with Crippen LogP contribution >= 0.6 is 11.3 Å². The molecule has 4 rings (SSSR count). The predicted molar refractivity (Wildman–Crippen MR) is 115 cm³/mol. The van der Waals surface area contributed by atoms with E-state index in [9.17, 15) is 9.59 Å². The molecule has 3 aromatic heterocycles. The summed E-state index contributed by atoms with van der Waals surface area (Å²) in [6.45, 7) is 5.37. The summed E-state index contributed by atoms with van der Waals surface area (Å²) in [5.74, 6) is -0.576. The molecule has 3 heterocycles. The van der Waals surface area contributed by atoms with Gasteiger partial charge in [0.05, 0.1) is 5.69 Å². The smallest absolute Gasteiger partial charge is 0.257 e. The first-order valence-corrected chi connectivity index (χ1v) is 9.61. The third-order valence-corrected chi connectivity index (χ3v) is 5.21. The van der Waals surface area contributed by atoms with Crippen LogP contribution in [0, 0.1) is 6.92 Å². The number of aryl methyl sites for hydroxylation is 1. The summed E-state index contributed by atoms with van der Waals surface area (Å²) in [7, 11) is 0. The van der Waals surface area contributed by atoms with Gasteiger partial charge in [-0.25, -0.2) is 9.97 Å². The molecule has 8 heteroatoms. The molecule has 7 nitrogen and oxygen atoms in total. The van der Waals surface area contributed by atoms with E-state index in [1.807, 2.05) is 25.3 Å². The van der Waals surface area contributed by atoms with Crippen LogP contribution in [0.2, 0.25) is 0 Å². The Morgan fingerprint density at radius 2 is 1.97 bits per heavy atom. The number of nitrogens with one attached hydrogen (secondary N) is 3. The van der Waals surface area contributed by atoms with Crippen molar-refractivity contribution in [2.75, 3.05) is 10.6 Å². The van der Waals surface area contributed by atoms with E-state index in [-0.39, 0.29) is 11.8 Å². The number of carbonyl (C=O) groups excluding carboxylic acids is 2. The molecule has 0 aliphatic rings. The van der Waals surface area contributed by atoms with Gasteiger partial charge in [-0.1, -0.05) is 6.58 Å². The van der Waals surface area contributed by atoms with Gasteiger partial charge in [-0.15, -0.1) is 11.3 Å². The number of H-pyrrole nitrogens is 1. The van der Waals surface area contributed by atoms with E-state index in [2.05, 4.69) is 32.2 Å². The fraction of sp³-hybridized carbons (Fsp3) is 0.0476. The van der Waals surface area contributed by atoms with Crippen molar-refractivity contribution in [3.63, 3.8) is 0 Å². The Kier molecular flexibility index (Phi) is 4.92. The second kappa shape index (κ2) is 7.69. The number of thiazole rings is 1. The molecule has 29 heavy (non-hydrogen) atoms. The third-order valence-electron chi connectivity index (χ3n) is 4.32. The summed E-state index contributed by atoms with van der Waals surface area (Å²) in [5, 5.41) is 6.98. The van der Waals surface area contributed by atoms with Gasteiger partial charge in [0.2, 0.25) is 5.91 Å². The number of aromatic amines is 1. The number of nitrogens with zero attached hydrogens (tertiary/aromatic N) is 2. The van der Waals surface area contributed by atoms with Crippen LogP contribution in [0.3, 0.4) is 0 Å². The van der Waals surface area contributed by atoms with Gasteiger partial charge in [-0.2, -0.15) is 0 Å². The van der Waals surface area contributed by atoms with E-state index in [1.54, 1.807) is 30.5 Å². The van der Waals surface area contributed by atoms with Crippen LogP contribution in [-0.2, 0) is 4.79 Å². The van der Waals surface area contributed by atoms with Crippen LogP contribution < -0.4 is 10.6 Å². The Morgan fingerprint density at radius 3 is 2.72 bits per heavy atom. The van der Waals surface area contributed by atoms with Crippen molar-refractivity contribution in [3.8, 4) is 11.3 Å². The van der Waals surface area contributed by atoms with Crippen molar-refractivity contribution in [2.45, 2.75) is 6.92 Å². The van der Waals surface area contributed by atoms with Gasteiger partial charge >= 0.3 is 0 Å². The van der Waals surface area contributed by atoms with Gasteiger partial charge in [0.1, 0.15) is 5.65 Å². The quantitative estimate of drug-likeness (QED) is 0.431. The lowest BCUT2D eigenvalue weighted by molar-refractivity contribution is -0.111. The average molecular weight is 403 g/mol. The molecule has 0 bridgehead atoms. The molecular weight excluding hydrogens is 386 g/mol. The molecule has 0 saturated heterocycles. The summed E-state index contributed by atoms with van der Waals surface area (Å²) >= 11 is 1.41. The van der Waals surface area contributed by atoms with E-state index in [0.29, 0.717) is 16.4 Å². The number of hydrogen-bond donors (Lipinski definition) is 3. The number of fused-ring (bicyclic) bond motifs is 1. The number of benzene rings is 1. The van der Waals surface area contributed by atoms with Crippen molar-refractivity contribution >= 4 is 45.0 Å². The largest absolute Gasteiger partial charge is 0.345 e. The van der Waals surface area contributed by atoms with E-state index >= 15 is 0 Å². The maximum Gasteiger partial charge on any atom is 0.257 e. The maximum atomic E-state index is 12.6. The molecule has 0 aliphatic heterocycles. The topological polar surface area (TPSA) is 99.8 Å². The van der Waals surface area contributed by atoms with Crippen LogP contribution in [0.15, 0.2) is 61.4 Å². The zero-order valence-electron chi connectivity index (χ0n) is 15.5. The SMILES string of the molecule is C=CC(=O)Nc1ccc(C(=O)Nc2nc(-c3c[nH]c4ncccc34)c(C)s2)cc1. The number of aromatic nitrogens is 3. The zero-order chi connectivity index (χ0) is 20.4. The van der Waals surface area contributed by atoms with Gasteiger partial charge in [-0.3, -0.25) is 14.9 Å². The Labute approximate surface area is 170 Å². The Hall–Kier alpha value is -3.78. The van der Waals surface area contributed by atoms with E-state index in [0.717, 1.165) is 27.2 Å². The van der Waals surface area contributed by atoms with Gasteiger partial charge in [0, 0.05) is 39.5 Å². The van der Waals surface area contributed by atoms with Crippen molar-refractivity contribution in [2.24, 2.45) is 0 Å². The minimum atomic E-state index is -0.305. The molecule has 0 atom stereocenters. The third kappa shape index (κ3) is 3.78. The average Bonchev–Trinajstić information content (AvgIpc) is 3.31. The second-order valence-electron chi connectivity index (χ2n) is 6.25. The van der Waals surface area contributed by atoms with Crippen LogP contribution in [0.1, 0.15) is 15.2 Å². The summed E-state index contributed by atoms with van der Waals surface area (Å²) in [4.78, 5) is 36.9. The van der Waals surface area contributed by atoms with E-state index in [4.69, 9.17) is 0 Å². The second-order valence-corrected chi connectivity index (χ2v) is 7.45. The fourth-order valence-electron chi connectivity index (χ4n) is 2.92. The molecule has 4 aromatic rings. The minimum absolute atomic E-state index is 0.271. The number of hydrogen-bond acceptors (Lipinski definition) is 5. The molecule has 3 N–H and O–H groups in total. The first-order valence-electron chi connectivity index (χ1n) is 8.80. The van der Waals surface area contributed by atoms with Gasteiger partial charge < -0.3 is 10.3 Å². The number of pyridine rings is 1. The highest BCUT2D eigenvalue weighted by atomic mass is 32.1. The van der Waals surface area contributed by atoms with Gasteiger partial charge in [-0.05, 0) is 49.4 Å². The number of rotatable bonds is 5.